The molecule has 1 heterocycles. The molecule has 3 nitrogen and oxygen atoms in total. The molecule has 0 saturated carbocycles. The minimum Gasteiger partial charge on any atom is -0.492 e. The maximum absolute atomic E-state index is 12.3. The highest BCUT2D eigenvalue weighted by Crippen LogP contribution is 2.45. The third-order valence-corrected chi connectivity index (χ3v) is 3.86. The number of hydrogen-bond donors (Lipinski definition) is 0. The summed E-state index contributed by atoms with van der Waals surface area (Å²) in [6.45, 7) is 11.5. The molecule has 1 aromatic carbocycles. The molecule has 0 unspecified atom stereocenters. The summed E-state index contributed by atoms with van der Waals surface area (Å²) in [5, 5.41) is 0. The number of rotatable bonds is 1. The van der Waals surface area contributed by atoms with Gasteiger partial charge in [0.15, 0.2) is 0 Å². The minimum absolute atomic E-state index is 0.0426. The summed E-state index contributed by atoms with van der Waals surface area (Å²) in [5.74, 6) is 1.01. The van der Waals surface area contributed by atoms with Crippen LogP contribution in [0.4, 0.5) is 0 Å². The van der Waals surface area contributed by atoms with Gasteiger partial charge >= 0.3 is 0 Å². The lowest BCUT2D eigenvalue weighted by Gasteiger charge is -2.24. The Labute approximate surface area is 121 Å². The molecule has 0 atom stereocenters. The van der Waals surface area contributed by atoms with E-state index in [-0.39, 0.29) is 16.7 Å². The first-order valence-corrected chi connectivity index (χ1v) is 7.07. The summed E-state index contributed by atoms with van der Waals surface area (Å²) < 4.78 is 5.94. The van der Waals surface area contributed by atoms with Crippen molar-refractivity contribution < 1.29 is 9.53 Å². The van der Waals surface area contributed by atoms with E-state index in [0.29, 0.717) is 6.61 Å². The Balaban J connectivity index is 2.68. The first kappa shape index (κ1) is 14.9. The van der Waals surface area contributed by atoms with E-state index in [9.17, 15) is 4.79 Å². The Hall–Kier alpha value is -1.51. The van der Waals surface area contributed by atoms with Gasteiger partial charge < -0.3 is 9.64 Å². The average molecular weight is 275 g/mol. The third-order valence-electron chi connectivity index (χ3n) is 3.86. The predicted molar refractivity (Wildman–Crippen MR) is 81.7 cm³/mol. The maximum atomic E-state index is 12.3. The lowest BCUT2D eigenvalue weighted by atomic mass is 9.79. The molecule has 0 saturated heterocycles. The number of benzene rings is 1. The molecule has 1 aliphatic heterocycles. The molecule has 1 aromatic rings. The Morgan fingerprint density at radius 2 is 1.85 bits per heavy atom. The largest absolute Gasteiger partial charge is 0.492 e. The molecule has 0 bridgehead atoms. The summed E-state index contributed by atoms with van der Waals surface area (Å²) in [7, 11) is 3.57. The minimum atomic E-state index is -0.0485. The number of carbonyl (C=O) groups is 1. The lowest BCUT2D eigenvalue weighted by Crippen LogP contribution is -2.24. The normalized spacial score (nSPS) is 16.6. The van der Waals surface area contributed by atoms with Crippen molar-refractivity contribution in [3.05, 3.63) is 28.8 Å². The van der Waals surface area contributed by atoms with Crippen molar-refractivity contribution in [1.29, 1.82) is 0 Å². The SMILES string of the molecule is CN(C)C(=O)c1cc(C(C)(C)C)c2c(c1)C(C)(C)CO2. The first-order valence-electron chi connectivity index (χ1n) is 7.07. The van der Waals surface area contributed by atoms with Crippen LogP contribution in [0.15, 0.2) is 12.1 Å². The quantitative estimate of drug-likeness (QED) is 0.786. The third kappa shape index (κ3) is 2.41. The number of ether oxygens (including phenoxy) is 1. The van der Waals surface area contributed by atoms with E-state index in [4.69, 9.17) is 4.74 Å². The average Bonchev–Trinajstić information content (AvgIpc) is 2.62. The zero-order chi connectivity index (χ0) is 15.3. The van der Waals surface area contributed by atoms with E-state index in [1.54, 1.807) is 19.0 Å². The van der Waals surface area contributed by atoms with E-state index < -0.39 is 0 Å². The second-order valence-electron chi connectivity index (χ2n) is 7.52. The van der Waals surface area contributed by atoms with Crippen LogP contribution < -0.4 is 4.74 Å². The van der Waals surface area contributed by atoms with Crippen molar-refractivity contribution in [2.75, 3.05) is 20.7 Å². The molecule has 1 aliphatic rings. The predicted octanol–water partition coefficient (Wildman–Crippen LogP) is 3.36. The van der Waals surface area contributed by atoms with Crippen LogP contribution in [0.3, 0.4) is 0 Å². The van der Waals surface area contributed by atoms with Crippen LogP contribution in [0.25, 0.3) is 0 Å². The molecule has 0 radical (unpaired) electrons. The van der Waals surface area contributed by atoms with Crippen LogP contribution in [0.5, 0.6) is 5.75 Å². The molecule has 20 heavy (non-hydrogen) atoms. The van der Waals surface area contributed by atoms with E-state index >= 15 is 0 Å². The maximum Gasteiger partial charge on any atom is 0.253 e. The second kappa shape index (κ2) is 4.51. The molecule has 0 spiro atoms. The van der Waals surface area contributed by atoms with Crippen LogP contribution >= 0.6 is 0 Å². The van der Waals surface area contributed by atoms with Gasteiger partial charge in [0.05, 0.1) is 6.61 Å². The number of fused-ring (bicyclic) bond motifs is 1. The van der Waals surface area contributed by atoms with Crippen LogP contribution in [0.1, 0.15) is 56.1 Å². The Morgan fingerprint density at radius 1 is 1.25 bits per heavy atom. The van der Waals surface area contributed by atoms with Crippen LogP contribution in [0.2, 0.25) is 0 Å². The van der Waals surface area contributed by atoms with Crippen molar-refractivity contribution in [3.8, 4) is 5.75 Å². The van der Waals surface area contributed by atoms with Gasteiger partial charge in [-0.2, -0.15) is 0 Å². The second-order valence-corrected chi connectivity index (χ2v) is 7.52. The fourth-order valence-electron chi connectivity index (χ4n) is 2.56. The highest BCUT2D eigenvalue weighted by molar-refractivity contribution is 5.95. The van der Waals surface area contributed by atoms with E-state index in [2.05, 4.69) is 34.6 Å². The number of nitrogens with zero attached hydrogens (tertiary/aromatic N) is 1. The van der Waals surface area contributed by atoms with Crippen LogP contribution in [-0.4, -0.2) is 31.5 Å². The molecule has 0 N–H and O–H groups in total. The van der Waals surface area contributed by atoms with Gasteiger partial charge in [-0.25, -0.2) is 0 Å². The standard InChI is InChI=1S/C17H25NO2/c1-16(2,3)12-8-11(15(19)18(6)7)9-13-14(12)20-10-17(13,4)5/h8-9H,10H2,1-7H3. The topological polar surface area (TPSA) is 29.5 Å². The smallest absolute Gasteiger partial charge is 0.253 e. The highest BCUT2D eigenvalue weighted by Gasteiger charge is 2.37. The van der Waals surface area contributed by atoms with Crippen LogP contribution in [0, 0.1) is 0 Å². The van der Waals surface area contributed by atoms with E-state index in [0.717, 1.165) is 22.4 Å². The Bertz CT molecular complexity index is 551. The molecule has 1 amide bonds. The zero-order valence-electron chi connectivity index (χ0n) is 13.6. The van der Waals surface area contributed by atoms with Gasteiger partial charge in [-0.15, -0.1) is 0 Å². The molecule has 2 rings (SSSR count). The number of carbonyl (C=O) groups excluding carboxylic acids is 1. The molecule has 3 heteroatoms. The van der Waals surface area contributed by atoms with Gasteiger partial charge in [-0.3, -0.25) is 4.79 Å². The molecule has 110 valence electrons. The number of hydrogen-bond acceptors (Lipinski definition) is 2. The van der Waals surface area contributed by atoms with Crippen LogP contribution in [-0.2, 0) is 10.8 Å². The fourth-order valence-corrected chi connectivity index (χ4v) is 2.56. The van der Waals surface area contributed by atoms with Crippen molar-refractivity contribution in [2.24, 2.45) is 0 Å². The van der Waals surface area contributed by atoms with Gasteiger partial charge in [0.2, 0.25) is 0 Å². The zero-order valence-corrected chi connectivity index (χ0v) is 13.6. The monoisotopic (exact) mass is 275 g/mol. The van der Waals surface area contributed by atoms with Crippen molar-refractivity contribution in [1.82, 2.24) is 4.90 Å². The summed E-state index contributed by atoms with van der Waals surface area (Å²) in [4.78, 5) is 13.9. The van der Waals surface area contributed by atoms with Gasteiger partial charge in [-0.05, 0) is 17.5 Å². The van der Waals surface area contributed by atoms with Gasteiger partial charge in [-0.1, -0.05) is 34.6 Å². The molecule has 0 fully saturated rings. The Kier molecular flexibility index (Phi) is 3.35. The van der Waals surface area contributed by atoms with Gasteiger partial charge in [0, 0.05) is 36.2 Å². The fraction of sp³-hybridized carbons (Fsp3) is 0.588. The molecule has 0 aliphatic carbocycles. The highest BCUT2D eigenvalue weighted by atomic mass is 16.5. The lowest BCUT2D eigenvalue weighted by molar-refractivity contribution is 0.0827. The first-order chi connectivity index (χ1) is 9.04. The number of amides is 1. The summed E-state index contributed by atoms with van der Waals surface area (Å²) in [6.07, 6.45) is 0. The Morgan fingerprint density at radius 3 is 2.35 bits per heavy atom. The molecular weight excluding hydrogens is 250 g/mol. The van der Waals surface area contributed by atoms with Crippen molar-refractivity contribution >= 4 is 5.91 Å². The van der Waals surface area contributed by atoms with Crippen molar-refractivity contribution in [2.45, 2.75) is 45.4 Å². The molecule has 0 aromatic heterocycles. The van der Waals surface area contributed by atoms with Gasteiger partial charge in [0.25, 0.3) is 5.91 Å². The van der Waals surface area contributed by atoms with Gasteiger partial charge in [0.1, 0.15) is 5.75 Å². The molecular formula is C17H25NO2. The summed E-state index contributed by atoms with van der Waals surface area (Å²) in [5.41, 5.74) is 2.92. The van der Waals surface area contributed by atoms with E-state index in [1.165, 1.54) is 0 Å². The summed E-state index contributed by atoms with van der Waals surface area (Å²) in [6, 6.07) is 3.99. The van der Waals surface area contributed by atoms with E-state index in [1.807, 2.05) is 12.1 Å². The summed E-state index contributed by atoms with van der Waals surface area (Å²) >= 11 is 0. The van der Waals surface area contributed by atoms with Crippen molar-refractivity contribution in [3.63, 3.8) is 0 Å².